The normalized spacial score (nSPS) is 12.3. The van der Waals surface area contributed by atoms with Gasteiger partial charge < -0.3 is 30.2 Å². The average Bonchev–Trinajstić information content (AvgIpc) is 2.33. The van der Waals surface area contributed by atoms with Gasteiger partial charge in [0.15, 0.2) is 0 Å². The summed E-state index contributed by atoms with van der Waals surface area (Å²) in [5.74, 6) is 0. The Bertz CT molecular complexity index is 193. The third-order valence-corrected chi connectivity index (χ3v) is 6.13. The van der Waals surface area contributed by atoms with E-state index in [0.717, 1.165) is 23.5 Å². The van der Waals surface area contributed by atoms with E-state index in [1.165, 1.54) is 19.4 Å². The van der Waals surface area contributed by atoms with Crippen molar-refractivity contribution < 1.29 is 30.2 Å². The summed E-state index contributed by atoms with van der Waals surface area (Å²) in [6.07, 6.45) is 3.63. The molecule has 0 spiro atoms. The lowest BCUT2D eigenvalue weighted by Gasteiger charge is -2.31. The van der Waals surface area contributed by atoms with Crippen LogP contribution in [-0.2, 0) is 13.3 Å². The van der Waals surface area contributed by atoms with E-state index in [-0.39, 0.29) is 12.4 Å². The molecule has 0 radical (unpaired) electrons. The quantitative estimate of drug-likeness (QED) is 0.388. The van der Waals surface area contributed by atoms with Gasteiger partial charge in [0.1, 0.15) is 0 Å². The molecule has 0 N–H and O–H groups in total. The van der Waals surface area contributed by atoms with Crippen molar-refractivity contribution in [2.75, 3.05) is 48.5 Å². The van der Waals surface area contributed by atoms with E-state index >= 15 is 0 Å². The summed E-state index contributed by atoms with van der Waals surface area (Å²) in [5, 5.41) is 0. The molecule has 112 valence electrons. The fourth-order valence-corrected chi connectivity index (χ4v) is 3.68. The highest BCUT2D eigenvalue weighted by Gasteiger charge is 2.37. The molecule has 0 aliphatic rings. The molecule has 0 saturated heterocycles. The van der Waals surface area contributed by atoms with Crippen LogP contribution >= 0.6 is 0 Å². The topological polar surface area (TPSA) is 27.7 Å². The van der Waals surface area contributed by atoms with E-state index in [4.69, 9.17) is 13.3 Å². The summed E-state index contributed by atoms with van der Waals surface area (Å²) < 4.78 is 17.3. The Labute approximate surface area is 120 Å². The number of rotatable bonds is 10. The summed E-state index contributed by atoms with van der Waals surface area (Å²) in [6.45, 7) is 4.61. The van der Waals surface area contributed by atoms with Gasteiger partial charge in [-0.25, -0.2) is 0 Å². The number of unbranched alkanes of at least 4 members (excludes halogenated alkanes) is 1. The van der Waals surface area contributed by atoms with Crippen LogP contribution in [-0.4, -0.2) is 61.8 Å². The zero-order chi connectivity index (χ0) is 13.4. The molecule has 0 bridgehead atoms. The number of hydrogen-bond acceptors (Lipinski definition) is 3. The van der Waals surface area contributed by atoms with E-state index in [1.54, 1.807) is 21.3 Å². The first-order valence-corrected chi connectivity index (χ1v) is 8.36. The van der Waals surface area contributed by atoms with Crippen LogP contribution in [0.25, 0.3) is 0 Å². The molecule has 0 aliphatic heterocycles. The van der Waals surface area contributed by atoms with Crippen molar-refractivity contribution in [3.63, 3.8) is 0 Å². The smallest absolute Gasteiger partial charge is 0.500 e. The van der Waals surface area contributed by atoms with Gasteiger partial charge in [0.25, 0.3) is 0 Å². The molecule has 0 heterocycles. The van der Waals surface area contributed by atoms with Gasteiger partial charge in [0.05, 0.1) is 27.2 Å². The molecule has 0 saturated carbocycles. The Hall–Kier alpha value is 0.347. The van der Waals surface area contributed by atoms with Crippen LogP contribution in [0.1, 0.15) is 26.2 Å². The van der Waals surface area contributed by atoms with Gasteiger partial charge in [-0.1, -0.05) is 13.3 Å². The van der Waals surface area contributed by atoms with Crippen molar-refractivity contribution in [2.45, 2.75) is 32.2 Å². The van der Waals surface area contributed by atoms with Crippen LogP contribution in [0.15, 0.2) is 0 Å². The minimum Gasteiger partial charge on any atom is -1.00 e. The van der Waals surface area contributed by atoms with Crippen LogP contribution in [0.5, 0.6) is 0 Å². The van der Waals surface area contributed by atoms with Gasteiger partial charge >= 0.3 is 8.80 Å². The SMILES string of the molecule is CCCC[N+](C)(C)CCC[Si](OC)(OC)OC.[Cl-]. The maximum atomic E-state index is 5.42. The molecular weight excluding hydrogens is 270 g/mol. The third-order valence-electron chi connectivity index (χ3n) is 3.30. The number of hydrogen-bond donors (Lipinski definition) is 0. The third kappa shape index (κ3) is 7.71. The molecule has 4 nitrogen and oxygen atoms in total. The number of halogens is 1. The van der Waals surface area contributed by atoms with Crippen LogP contribution in [0.3, 0.4) is 0 Å². The zero-order valence-electron chi connectivity index (χ0n) is 12.8. The molecule has 0 unspecified atom stereocenters. The summed E-state index contributed by atoms with van der Waals surface area (Å²) in [5.41, 5.74) is 0. The van der Waals surface area contributed by atoms with Crippen molar-refractivity contribution in [2.24, 2.45) is 0 Å². The molecule has 6 heteroatoms. The maximum absolute atomic E-state index is 5.42. The van der Waals surface area contributed by atoms with E-state index in [0.29, 0.717) is 0 Å². The Balaban J connectivity index is 0. The maximum Gasteiger partial charge on any atom is 0.500 e. The fourth-order valence-electron chi connectivity index (χ4n) is 1.98. The predicted molar refractivity (Wildman–Crippen MR) is 73.0 cm³/mol. The second-order valence-corrected chi connectivity index (χ2v) is 8.23. The highest BCUT2D eigenvalue weighted by Crippen LogP contribution is 2.16. The first kappa shape index (κ1) is 20.7. The molecule has 18 heavy (non-hydrogen) atoms. The molecule has 0 fully saturated rings. The highest BCUT2D eigenvalue weighted by atomic mass is 35.5. The van der Waals surface area contributed by atoms with E-state index in [9.17, 15) is 0 Å². The van der Waals surface area contributed by atoms with Gasteiger partial charge in [0.2, 0.25) is 0 Å². The summed E-state index contributed by atoms with van der Waals surface area (Å²) >= 11 is 0. The highest BCUT2D eigenvalue weighted by molar-refractivity contribution is 6.60. The molecule has 0 amide bonds. The van der Waals surface area contributed by atoms with Gasteiger partial charge in [-0.05, 0) is 6.42 Å². The summed E-state index contributed by atoms with van der Waals surface area (Å²) in [7, 11) is 7.24. The van der Waals surface area contributed by atoms with Crippen molar-refractivity contribution in [3.8, 4) is 0 Å². The Kier molecular flexibility index (Phi) is 11.7. The molecule has 0 rings (SSSR count). The van der Waals surface area contributed by atoms with Gasteiger partial charge in [0, 0.05) is 33.8 Å². The van der Waals surface area contributed by atoms with E-state index in [2.05, 4.69) is 21.0 Å². The fraction of sp³-hybridized carbons (Fsp3) is 1.00. The lowest BCUT2D eigenvalue weighted by atomic mass is 10.3. The lowest BCUT2D eigenvalue weighted by molar-refractivity contribution is -0.890. The average molecular weight is 300 g/mol. The number of nitrogens with zero attached hydrogens (tertiary/aromatic N) is 1. The summed E-state index contributed by atoms with van der Waals surface area (Å²) in [4.78, 5) is 0. The van der Waals surface area contributed by atoms with Crippen LogP contribution < -0.4 is 12.4 Å². The second kappa shape index (κ2) is 10.2. The first-order valence-electron chi connectivity index (χ1n) is 6.42. The Morgan fingerprint density at radius 1 is 0.889 bits per heavy atom. The van der Waals surface area contributed by atoms with E-state index in [1.807, 2.05) is 0 Å². The molecule has 0 atom stereocenters. The van der Waals surface area contributed by atoms with Crippen LogP contribution in [0.2, 0.25) is 6.04 Å². The monoisotopic (exact) mass is 299 g/mol. The molecule has 0 aromatic carbocycles. The first-order chi connectivity index (χ1) is 7.95. The molecule has 0 aromatic rings. The van der Waals surface area contributed by atoms with Gasteiger partial charge in [-0.2, -0.15) is 0 Å². The van der Waals surface area contributed by atoms with Crippen molar-refractivity contribution >= 4 is 8.80 Å². The molecule has 0 aromatic heterocycles. The largest absolute Gasteiger partial charge is 1.00 e. The number of quaternary nitrogens is 1. The Morgan fingerprint density at radius 3 is 1.72 bits per heavy atom. The predicted octanol–water partition coefficient (Wildman–Crippen LogP) is -0.865. The van der Waals surface area contributed by atoms with Crippen LogP contribution in [0.4, 0.5) is 0 Å². The van der Waals surface area contributed by atoms with Gasteiger partial charge in [-0.3, -0.25) is 0 Å². The minimum absolute atomic E-state index is 0. The van der Waals surface area contributed by atoms with Gasteiger partial charge in [-0.15, -0.1) is 0 Å². The molecular formula is C12H30ClNO3Si. The lowest BCUT2D eigenvalue weighted by Crippen LogP contribution is -3.00. The standard InChI is InChI=1S/C12H30NO3Si.ClH/c1-7-8-10-13(2,3)11-9-12-17(14-4,15-5)16-6;/h7-12H2,1-6H3;1H/q+1;/p-1. The van der Waals surface area contributed by atoms with Crippen molar-refractivity contribution in [3.05, 3.63) is 0 Å². The minimum atomic E-state index is -2.36. The zero-order valence-corrected chi connectivity index (χ0v) is 14.5. The van der Waals surface area contributed by atoms with Crippen molar-refractivity contribution in [1.29, 1.82) is 0 Å². The Morgan fingerprint density at radius 2 is 1.33 bits per heavy atom. The summed E-state index contributed by atoms with van der Waals surface area (Å²) in [6, 6.07) is 0.893. The van der Waals surface area contributed by atoms with E-state index < -0.39 is 8.80 Å². The van der Waals surface area contributed by atoms with Crippen LogP contribution in [0, 0.1) is 0 Å². The second-order valence-electron chi connectivity index (χ2n) is 5.14. The molecule has 0 aliphatic carbocycles. The van der Waals surface area contributed by atoms with Crippen molar-refractivity contribution in [1.82, 2.24) is 0 Å².